The Balaban J connectivity index is 0.000000183. The molecule has 20 heteroatoms. The number of aromatic nitrogens is 4. The molecule has 0 radical (unpaired) electrons. The lowest BCUT2D eigenvalue weighted by molar-refractivity contribution is -0.142. The number of alkyl halides is 6. The predicted octanol–water partition coefficient (Wildman–Crippen LogP) is 6.79. The summed E-state index contributed by atoms with van der Waals surface area (Å²) in [5, 5.41) is 17.4. The Morgan fingerprint density at radius 3 is 1.72 bits per heavy atom. The Morgan fingerprint density at radius 1 is 0.717 bits per heavy atom. The number of halogens is 6. The van der Waals surface area contributed by atoms with Crippen molar-refractivity contribution in [2.45, 2.75) is 41.6 Å². The summed E-state index contributed by atoms with van der Waals surface area (Å²) in [6, 6.07) is 22.9. The topological polar surface area (TPSA) is 165 Å². The molecule has 0 saturated carbocycles. The van der Waals surface area contributed by atoms with Crippen LogP contribution in [0.1, 0.15) is 33.6 Å². The number of thiophene rings is 1. The third-order valence-electron chi connectivity index (χ3n) is 7.82. The van der Waals surface area contributed by atoms with Crippen molar-refractivity contribution in [1.29, 1.82) is 0 Å². The van der Waals surface area contributed by atoms with E-state index in [9.17, 15) is 43.2 Å². The predicted molar refractivity (Wildman–Crippen MR) is 181 cm³/mol. The van der Waals surface area contributed by atoms with E-state index in [4.69, 9.17) is 15.0 Å². The van der Waals surface area contributed by atoms with Gasteiger partial charge in [-0.15, -0.1) is 11.3 Å². The number of sulfonamides is 2. The second kappa shape index (κ2) is 13.8. The number of aryl methyl sites for hydroxylation is 1. The molecular formula is C33H26F6N6O5S3. The summed E-state index contributed by atoms with van der Waals surface area (Å²) in [4.78, 5) is 1.29. The molecule has 1 atom stereocenters. The van der Waals surface area contributed by atoms with E-state index in [1.807, 2.05) is 19.1 Å². The molecular weight excluding hydrogens is 771 g/mol. The van der Waals surface area contributed by atoms with E-state index in [0.717, 1.165) is 31.9 Å². The fourth-order valence-electron chi connectivity index (χ4n) is 5.34. The van der Waals surface area contributed by atoms with Crippen LogP contribution in [0.4, 0.5) is 26.3 Å². The van der Waals surface area contributed by atoms with Gasteiger partial charge in [-0.3, -0.25) is 0 Å². The summed E-state index contributed by atoms with van der Waals surface area (Å²) in [6.45, 7) is 1.85. The van der Waals surface area contributed by atoms with Crippen LogP contribution < -0.4 is 15.0 Å². The summed E-state index contributed by atoms with van der Waals surface area (Å²) in [6.07, 6.45) is -9.48. The van der Waals surface area contributed by atoms with Crippen LogP contribution in [0.25, 0.3) is 21.9 Å². The average molecular weight is 797 g/mol. The van der Waals surface area contributed by atoms with Crippen LogP contribution >= 0.6 is 11.3 Å². The number of primary sulfonamides is 2. The Labute approximate surface area is 302 Å². The molecule has 0 bridgehead atoms. The summed E-state index contributed by atoms with van der Waals surface area (Å²) >= 11 is 1.34. The van der Waals surface area contributed by atoms with Crippen molar-refractivity contribution >= 4 is 31.4 Å². The van der Waals surface area contributed by atoms with Crippen LogP contribution in [-0.4, -0.2) is 36.4 Å². The fourth-order valence-corrected chi connectivity index (χ4v) is 7.24. The highest BCUT2D eigenvalue weighted by Crippen LogP contribution is 2.40. The van der Waals surface area contributed by atoms with Crippen molar-refractivity contribution in [2.24, 2.45) is 10.3 Å². The number of para-hydroxylation sites is 1. The number of nitrogens with zero attached hydrogens (tertiary/aromatic N) is 4. The number of hydrogen-bond donors (Lipinski definition) is 2. The molecule has 1 unspecified atom stereocenters. The average Bonchev–Trinajstić information content (AvgIpc) is 3.88. The molecule has 53 heavy (non-hydrogen) atoms. The van der Waals surface area contributed by atoms with Crippen molar-refractivity contribution in [2.75, 3.05) is 0 Å². The summed E-state index contributed by atoms with van der Waals surface area (Å²) in [5.74, 6) is 0.610. The third-order valence-corrected chi connectivity index (χ3v) is 10.7. The van der Waals surface area contributed by atoms with E-state index in [-0.39, 0.29) is 26.9 Å². The van der Waals surface area contributed by atoms with Crippen molar-refractivity contribution in [3.05, 3.63) is 125 Å². The maximum absolute atomic E-state index is 13.3. The van der Waals surface area contributed by atoms with Gasteiger partial charge in [0.05, 0.1) is 37.4 Å². The van der Waals surface area contributed by atoms with E-state index < -0.39 is 49.9 Å². The molecule has 0 saturated heterocycles. The minimum Gasteiger partial charge on any atom is -0.483 e. The van der Waals surface area contributed by atoms with Crippen LogP contribution in [0.2, 0.25) is 0 Å². The number of benzene rings is 3. The van der Waals surface area contributed by atoms with E-state index >= 15 is 0 Å². The first-order valence-electron chi connectivity index (χ1n) is 15.1. The molecule has 0 amide bonds. The number of fused-ring (bicyclic) bond motifs is 1. The van der Waals surface area contributed by atoms with E-state index in [2.05, 4.69) is 10.2 Å². The molecule has 0 aliphatic carbocycles. The van der Waals surface area contributed by atoms with Crippen LogP contribution in [0.15, 0.2) is 107 Å². The molecule has 4 N–H and O–H groups in total. The third kappa shape index (κ3) is 8.31. The lowest BCUT2D eigenvalue weighted by atomic mass is 10.1. The van der Waals surface area contributed by atoms with Crippen molar-refractivity contribution < 1.29 is 47.9 Å². The van der Waals surface area contributed by atoms with Gasteiger partial charge in [-0.1, -0.05) is 18.2 Å². The van der Waals surface area contributed by atoms with Gasteiger partial charge in [0.1, 0.15) is 11.9 Å². The van der Waals surface area contributed by atoms with Crippen molar-refractivity contribution in [1.82, 2.24) is 19.6 Å². The van der Waals surface area contributed by atoms with Gasteiger partial charge in [-0.05, 0) is 91.3 Å². The summed E-state index contributed by atoms with van der Waals surface area (Å²) in [7, 11) is -7.80. The molecule has 0 fully saturated rings. The van der Waals surface area contributed by atoms with Crippen LogP contribution in [0.5, 0.6) is 5.75 Å². The molecule has 3 aromatic carbocycles. The monoisotopic (exact) mass is 796 g/mol. The van der Waals surface area contributed by atoms with E-state index in [1.165, 1.54) is 59.9 Å². The molecule has 7 rings (SSSR count). The SMILES string of the molecule is Cc1ccc(-c2cc(C(F)(F)F)nn2-c2ccc(S(N)(=O)=O)cc2)s1.NS(=O)(=O)c1ccc(-n2nc(C(F)(F)F)cc2C2Cc3ccccc3O2)cc1. The first-order chi connectivity index (χ1) is 24.7. The first kappa shape index (κ1) is 37.7. The van der Waals surface area contributed by atoms with Gasteiger partial charge < -0.3 is 4.74 Å². The standard InChI is InChI=1S/C18H14F3N3O3S.C15H12F3N3O2S2/c19-18(20,21)17-10-14(16-9-11-3-1-2-4-15(11)27-16)24(23-17)12-5-7-13(8-6-12)28(22,25)26;1-9-2-7-13(24-9)12-8-14(15(16,17)18)20-21(12)10-3-5-11(6-4-10)25(19,22)23/h1-8,10,16H,9H2,(H2,22,25,26);2-8H,1H3,(H2,19,22,23). The second-order valence-corrected chi connectivity index (χ2v) is 16.0. The molecule has 4 heterocycles. The number of nitrogens with two attached hydrogens (primary N) is 2. The lowest BCUT2D eigenvalue weighted by Gasteiger charge is -2.13. The highest BCUT2D eigenvalue weighted by Gasteiger charge is 2.38. The summed E-state index contributed by atoms with van der Waals surface area (Å²) < 4.78 is 132. The van der Waals surface area contributed by atoms with Crippen LogP contribution in [0.3, 0.4) is 0 Å². The van der Waals surface area contributed by atoms with Gasteiger partial charge in [0, 0.05) is 11.3 Å². The molecule has 11 nitrogen and oxygen atoms in total. The molecule has 6 aromatic rings. The zero-order valence-corrected chi connectivity index (χ0v) is 29.4. The van der Waals surface area contributed by atoms with Crippen LogP contribution in [-0.2, 0) is 38.8 Å². The maximum atomic E-state index is 13.3. The van der Waals surface area contributed by atoms with Gasteiger partial charge in [0.2, 0.25) is 20.0 Å². The Bertz CT molecular complexity index is 2480. The fraction of sp³-hybridized carbons (Fsp3) is 0.152. The first-order valence-corrected chi connectivity index (χ1v) is 19.0. The zero-order valence-electron chi connectivity index (χ0n) is 27.0. The largest absolute Gasteiger partial charge is 0.483 e. The minimum atomic E-state index is -4.63. The van der Waals surface area contributed by atoms with Crippen molar-refractivity contribution in [3.8, 4) is 27.7 Å². The molecule has 278 valence electrons. The number of hydrogen-bond acceptors (Lipinski definition) is 8. The molecule has 3 aromatic heterocycles. The molecule has 1 aliphatic rings. The minimum absolute atomic E-state index is 0.132. The highest BCUT2D eigenvalue weighted by molar-refractivity contribution is 7.89. The Hall–Kier alpha value is -5.02. The molecule has 0 spiro atoms. The second-order valence-electron chi connectivity index (χ2n) is 11.6. The van der Waals surface area contributed by atoms with E-state index in [0.29, 0.717) is 22.7 Å². The van der Waals surface area contributed by atoms with Crippen molar-refractivity contribution in [3.63, 3.8) is 0 Å². The van der Waals surface area contributed by atoms with Gasteiger partial charge in [-0.2, -0.15) is 36.5 Å². The lowest BCUT2D eigenvalue weighted by Crippen LogP contribution is -2.13. The molecule has 1 aliphatic heterocycles. The Morgan fingerprint density at radius 2 is 1.23 bits per heavy atom. The normalized spacial score (nSPS) is 14.7. The quantitative estimate of drug-likeness (QED) is 0.175. The van der Waals surface area contributed by atoms with E-state index in [1.54, 1.807) is 24.3 Å². The maximum Gasteiger partial charge on any atom is 0.435 e. The van der Waals surface area contributed by atoms with Gasteiger partial charge in [-0.25, -0.2) is 36.5 Å². The van der Waals surface area contributed by atoms with Gasteiger partial charge >= 0.3 is 12.4 Å². The Kier molecular flexibility index (Phi) is 9.79. The van der Waals surface area contributed by atoms with Gasteiger partial charge in [0.25, 0.3) is 0 Å². The zero-order chi connectivity index (χ0) is 38.5. The van der Waals surface area contributed by atoms with Crippen LogP contribution in [0, 0.1) is 6.92 Å². The summed E-state index contributed by atoms with van der Waals surface area (Å²) in [5.41, 5.74) is -0.151. The van der Waals surface area contributed by atoms with Gasteiger partial charge in [0.15, 0.2) is 11.4 Å². The smallest absolute Gasteiger partial charge is 0.435 e. The number of rotatable bonds is 6. The highest BCUT2D eigenvalue weighted by atomic mass is 32.2. The number of ether oxygens (including phenoxy) is 1.